The Bertz CT molecular complexity index is 565. The fraction of sp³-hybridized carbons (Fsp3) is 1.00. The molecule has 0 saturated carbocycles. The monoisotopic (exact) mass is 422 g/mol. The Morgan fingerprint density at radius 2 is 0.792 bits per heavy atom. The molecule has 0 unspecified atom stereocenters. The summed E-state index contributed by atoms with van der Waals surface area (Å²) >= 11 is 0. The first-order chi connectivity index (χ1) is 9.50. The van der Waals surface area contributed by atoms with Crippen LogP contribution in [0.3, 0.4) is 0 Å². The Labute approximate surface area is 145 Å². The molecule has 18 heteroatoms. The Balaban J connectivity index is 0. The summed E-state index contributed by atoms with van der Waals surface area (Å²) < 4.78 is 189. The summed E-state index contributed by atoms with van der Waals surface area (Å²) in [4.78, 5) is 0. The number of alkyl halides is 13. The van der Waals surface area contributed by atoms with Crippen molar-refractivity contribution in [2.75, 3.05) is 0 Å². The second-order valence-corrected chi connectivity index (χ2v) is 5.19. The van der Waals surface area contributed by atoms with Crippen LogP contribution in [-0.4, -0.2) is 48.1 Å². The van der Waals surface area contributed by atoms with Crippen LogP contribution in [0.5, 0.6) is 0 Å². The standard InChI is InChI=1S/C6HF13O3S.Na/c7-1(8,3(11,12)5(15,16)17)2(9,10)4(13,14)6(18,19)23(20,21)22;/h(H,20,21,22);/q;+1/p-1. The van der Waals surface area contributed by atoms with Crippen LogP contribution < -0.4 is 29.6 Å². The summed E-state index contributed by atoms with van der Waals surface area (Å²) in [5.41, 5.74) is 0. The quantitative estimate of drug-likeness (QED) is 0.363. The predicted octanol–water partition coefficient (Wildman–Crippen LogP) is 0.232. The van der Waals surface area contributed by atoms with Crippen molar-refractivity contribution in [1.82, 2.24) is 0 Å². The van der Waals surface area contributed by atoms with Crippen molar-refractivity contribution in [2.24, 2.45) is 0 Å². The second-order valence-electron chi connectivity index (χ2n) is 3.77. The average molecular weight is 422 g/mol. The van der Waals surface area contributed by atoms with Gasteiger partial charge in [0.15, 0.2) is 10.1 Å². The Morgan fingerprint density at radius 1 is 0.542 bits per heavy atom. The second kappa shape index (κ2) is 6.31. The van der Waals surface area contributed by atoms with E-state index in [1.54, 1.807) is 0 Å². The molecule has 0 aliphatic carbocycles. The zero-order valence-corrected chi connectivity index (χ0v) is 13.4. The van der Waals surface area contributed by atoms with Crippen LogP contribution >= 0.6 is 0 Å². The normalized spacial score (nSPS) is 15.9. The van der Waals surface area contributed by atoms with Crippen molar-refractivity contribution < 1.29 is 99.6 Å². The average Bonchev–Trinajstić information content (AvgIpc) is 2.24. The van der Waals surface area contributed by atoms with Crippen molar-refractivity contribution in [3.63, 3.8) is 0 Å². The summed E-state index contributed by atoms with van der Waals surface area (Å²) in [5.74, 6) is -32.6. The first kappa shape index (κ1) is 26.2. The molecule has 0 aromatic carbocycles. The summed E-state index contributed by atoms with van der Waals surface area (Å²) in [6.45, 7) is 0. The van der Waals surface area contributed by atoms with E-state index in [1.165, 1.54) is 0 Å². The first-order valence-corrected chi connectivity index (χ1v) is 5.82. The molecule has 0 aromatic heterocycles. The molecule has 0 heterocycles. The molecule has 0 aliphatic heterocycles. The molecular formula is C6F13NaO3S. The fourth-order valence-electron chi connectivity index (χ4n) is 0.912. The van der Waals surface area contributed by atoms with E-state index >= 15 is 0 Å². The minimum atomic E-state index is -8.29. The fourth-order valence-corrected chi connectivity index (χ4v) is 1.35. The van der Waals surface area contributed by atoms with E-state index in [0.717, 1.165) is 0 Å². The van der Waals surface area contributed by atoms with Gasteiger partial charge in [-0.15, -0.1) is 0 Å². The molecular weight excluding hydrogens is 422 g/mol. The number of halogens is 13. The minimum Gasteiger partial charge on any atom is -0.743 e. The van der Waals surface area contributed by atoms with E-state index < -0.39 is 45.2 Å². The molecule has 0 amide bonds. The zero-order valence-electron chi connectivity index (χ0n) is 10.5. The molecule has 0 spiro atoms. The van der Waals surface area contributed by atoms with E-state index in [1.807, 2.05) is 0 Å². The number of hydrogen-bond donors (Lipinski definition) is 0. The summed E-state index contributed by atoms with van der Waals surface area (Å²) in [7, 11) is -7.86. The van der Waals surface area contributed by atoms with E-state index in [2.05, 4.69) is 0 Å². The molecule has 140 valence electrons. The maximum Gasteiger partial charge on any atom is 1.00 e. The van der Waals surface area contributed by atoms with E-state index in [9.17, 15) is 70.0 Å². The van der Waals surface area contributed by atoms with Gasteiger partial charge in [-0.05, 0) is 0 Å². The van der Waals surface area contributed by atoms with Gasteiger partial charge >= 0.3 is 64.7 Å². The van der Waals surface area contributed by atoms with E-state index in [0.29, 0.717) is 0 Å². The third kappa shape index (κ3) is 3.33. The van der Waals surface area contributed by atoms with Gasteiger partial charge in [0.2, 0.25) is 0 Å². The van der Waals surface area contributed by atoms with Gasteiger partial charge in [0.05, 0.1) is 0 Å². The smallest absolute Gasteiger partial charge is 0.743 e. The van der Waals surface area contributed by atoms with Crippen LogP contribution in [0.15, 0.2) is 0 Å². The van der Waals surface area contributed by atoms with Crippen LogP contribution in [0.1, 0.15) is 0 Å². The van der Waals surface area contributed by atoms with Gasteiger partial charge in [-0.2, -0.15) is 57.1 Å². The van der Waals surface area contributed by atoms with Crippen molar-refractivity contribution >= 4 is 10.1 Å². The molecule has 0 saturated heterocycles. The van der Waals surface area contributed by atoms with E-state index in [-0.39, 0.29) is 29.6 Å². The minimum absolute atomic E-state index is 0. The molecule has 0 fully saturated rings. The third-order valence-corrected chi connectivity index (χ3v) is 3.10. The summed E-state index contributed by atoms with van der Waals surface area (Å²) in [5, 5.41) is -7.63. The van der Waals surface area contributed by atoms with Gasteiger partial charge in [0.1, 0.15) is 0 Å². The molecule has 0 aliphatic rings. The SMILES string of the molecule is O=S(=O)([O-])C(F)(F)C(F)(F)C(F)(F)C(F)(F)C(F)(F)C(F)(F)F.[Na+]. The molecule has 0 N–H and O–H groups in total. The van der Waals surface area contributed by atoms with Crippen LogP contribution in [0.2, 0.25) is 0 Å². The van der Waals surface area contributed by atoms with E-state index in [4.69, 9.17) is 0 Å². The van der Waals surface area contributed by atoms with Crippen molar-refractivity contribution in [3.05, 3.63) is 0 Å². The molecule has 0 radical (unpaired) electrons. The maximum absolute atomic E-state index is 12.7. The van der Waals surface area contributed by atoms with Gasteiger partial charge in [-0.1, -0.05) is 0 Å². The Kier molecular flexibility index (Phi) is 6.90. The maximum atomic E-state index is 12.7. The molecule has 0 rings (SSSR count). The number of hydrogen-bond acceptors (Lipinski definition) is 3. The molecule has 3 nitrogen and oxygen atoms in total. The van der Waals surface area contributed by atoms with Crippen LogP contribution in [0.4, 0.5) is 57.1 Å². The van der Waals surface area contributed by atoms with Gasteiger partial charge < -0.3 is 4.55 Å². The van der Waals surface area contributed by atoms with Crippen LogP contribution in [0.25, 0.3) is 0 Å². The number of rotatable bonds is 5. The molecule has 0 bridgehead atoms. The molecule has 0 aromatic rings. The first-order valence-electron chi connectivity index (χ1n) is 4.41. The van der Waals surface area contributed by atoms with Gasteiger partial charge in [0, 0.05) is 0 Å². The van der Waals surface area contributed by atoms with Crippen molar-refractivity contribution in [1.29, 1.82) is 0 Å². The van der Waals surface area contributed by atoms with Gasteiger partial charge in [0.25, 0.3) is 0 Å². The molecule has 24 heavy (non-hydrogen) atoms. The summed E-state index contributed by atoms with van der Waals surface area (Å²) in [6, 6.07) is 0. The predicted molar refractivity (Wildman–Crippen MR) is 40.5 cm³/mol. The Morgan fingerprint density at radius 3 is 1.00 bits per heavy atom. The van der Waals surface area contributed by atoms with Crippen molar-refractivity contribution in [2.45, 2.75) is 35.1 Å². The Hall–Kier alpha value is -0.000000000000000444. The zero-order chi connectivity index (χ0) is 19.5. The van der Waals surface area contributed by atoms with Gasteiger partial charge in [-0.3, -0.25) is 0 Å². The van der Waals surface area contributed by atoms with Gasteiger partial charge in [-0.25, -0.2) is 8.42 Å². The van der Waals surface area contributed by atoms with Crippen LogP contribution in [-0.2, 0) is 10.1 Å². The largest absolute Gasteiger partial charge is 1.00 e. The third-order valence-electron chi connectivity index (χ3n) is 2.22. The van der Waals surface area contributed by atoms with Crippen LogP contribution in [0, 0.1) is 0 Å². The summed E-state index contributed by atoms with van der Waals surface area (Å²) in [6.07, 6.45) is -7.61. The molecule has 0 atom stereocenters. The van der Waals surface area contributed by atoms with Crippen molar-refractivity contribution in [3.8, 4) is 0 Å². The topological polar surface area (TPSA) is 57.2 Å².